The van der Waals surface area contributed by atoms with Gasteiger partial charge < -0.3 is 10.1 Å². The highest BCUT2D eigenvalue weighted by Gasteiger charge is 2.12. The molecule has 0 spiro atoms. The number of hydrogen-bond acceptors (Lipinski definition) is 4. The van der Waals surface area contributed by atoms with Crippen molar-refractivity contribution in [3.05, 3.63) is 65.1 Å². The molecular weight excluding hydrogens is 316 g/mol. The number of pyridine rings is 1. The van der Waals surface area contributed by atoms with Gasteiger partial charge in [-0.25, -0.2) is 9.67 Å². The van der Waals surface area contributed by atoms with E-state index in [1.807, 2.05) is 49.7 Å². The Morgan fingerprint density at radius 2 is 1.84 bits per heavy atom. The van der Waals surface area contributed by atoms with Gasteiger partial charge in [0, 0.05) is 17.5 Å². The molecule has 0 bridgehead atoms. The highest BCUT2D eigenvalue weighted by molar-refractivity contribution is 6.05. The number of nitrogens with zero attached hydrogens (tertiary/aromatic N) is 3. The number of carbonyl (C=O) groups excluding carboxylic acids is 1. The molecule has 2 heterocycles. The fourth-order valence-corrected chi connectivity index (χ4v) is 2.65. The van der Waals surface area contributed by atoms with Gasteiger partial charge in [-0.05, 0) is 62.7 Å². The van der Waals surface area contributed by atoms with E-state index in [9.17, 15) is 4.79 Å². The number of anilines is 1. The molecule has 1 amide bonds. The largest absolute Gasteiger partial charge is 0.480 e. The Hall–Kier alpha value is -3.15. The molecule has 1 aromatic carbocycles. The van der Waals surface area contributed by atoms with Crippen LogP contribution in [0.25, 0.3) is 5.69 Å². The second-order valence-corrected chi connectivity index (χ2v) is 5.91. The van der Waals surface area contributed by atoms with Crippen molar-refractivity contribution < 1.29 is 9.53 Å². The zero-order valence-corrected chi connectivity index (χ0v) is 14.7. The first-order chi connectivity index (χ1) is 12.0. The Bertz CT molecular complexity index is 914. The molecule has 0 saturated heterocycles. The average molecular weight is 336 g/mol. The topological polar surface area (TPSA) is 69.0 Å². The zero-order valence-electron chi connectivity index (χ0n) is 14.7. The lowest BCUT2D eigenvalue weighted by Crippen LogP contribution is -2.13. The Balaban J connectivity index is 1.82. The van der Waals surface area contributed by atoms with Crippen LogP contribution in [0.4, 0.5) is 5.69 Å². The van der Waals surface area contributed by atoms with E-state index in [4.69, 9.17) is 4.74 Å². The lowest BCUT2D eigenvalue weighted by atomic mass is 10.2. The predicted molar refractivity (Wildman–Crippen MR) is 96.5 cm³/mol. The summed E-state index contributed by atoms with van der Waals surface area (Å²) in [6.45, 7) is 5.86. The fraction of sp³-hybridized carbons (Fsp3) is 0.211. The molecule has 0 unspecified atom stereocenters. The third kappa shape index (κ3) is 3.52. The number of methoxy groups -OCH3 is 1. The van der Waals surface area contributed by atoms with E-state index in [1.165, 1.54) is 7.11 Å². The maximum Gasteiger partial charge on any atom is 0.255 e. The molecule has 0 atom stereocenters. The van der Waals surface area contributed by atoms with Crippen LogP contribution in [-0.4, -0.2) is 27.8 Å². The number of benzene rings is 1. The molecule has 0 aliphatic heterocycles. The van der Waals surface area contributed by atoms with Crippen LogP contribution in [0, 0.1) is 20.8 Å². The number of ether oxygens (including phenoxy) is 1. The molecule has 3 rings (SSSR count). The Morgan fingerprint density at radius 1 is 1.12 bits per heavy atom. The summed E-state index contributed by atoms with van der Waals surface area (Å²) in [6.07, 6.45) is 1.69. The maximum atomic E-state index is 12.5. The van der Waals surface area contributed by atoms with Crippen LogP contribution >= 0.6 is 0 Å². The van der Waals surface area contributed by atoms with Gasteiger partial charge in [0.1, 0.15) is 5.69 Å². The van der Waals surface area contributed by atoms with Crippen LogP contribution in [0.1, 0.15) is 27.3 Å². The van der Waals surface area contributed by atoms with Gasteiger partial charge in [0.05, 0.1) is 18.5 Å². The zero-order chi connectivity index (χ0) is 18.0. The molecular formula is C19H20N4O2. The van der Waals surface area contributed by atoms with E-state index in [1.54, 1.807) is 18.3 Å². The van der Waals surface area contributed by atoms with E-state index in [0.29, 0.717) is 17.1 Å². The SMILES string of the molecule is COc1ncc(C)cc1NC(=O)c1ccc(-n2nc(C)cc2C)cc1. The minimum atomic E-state index is -0.217. The highest BCUT2D eigenvalue weighted by Crippen LogP contribution is 2.23. The molecule has 6 heteroatoms. The number of rotatable bonds is 4. The summed E-state index contributed by atoms with van der Waals surface area (Å²) in [5.41, 5.74) is 4.96. The van der Waals surface area contributed by atoms with Gasteiger partial charge in [0.2, 0.25) is 5.88 Å². The van der Waals surface area contributed by atoms with E-state index in [2.05, 4.69) is 15.4 Å². The van der Waals surface area contributed by atoms with Crippen molar-refractivity contribution in [2.24, 2.45) is 0 Å². The van der Waals surface area contributed by atoms with Crippen molar-refractivity contribution in [2.75, 3.05) is 12.4 Å². The molecule has 0 saturated carbocycles. The molecule has 128 valence electrons. The quantitative estimate of drug-likeness (QED) is 0.792. The molecule has 0 radical (unpaired) electrons. The van der Waals surface area contributed by atoms with Gasteiger partial charge in [-0.3, -0.25) is 4.79 Å². The van der Waals surface area contributed by atoms with E-state index < -0.39 is 0 Å². The van der Waals surface area contributed by atoms with Gasteiger partial charge >= 0.3 is 0 Å². The number of carbonyl (C=O) groups is 1. The van der Waals surface area contributed by atoms with Crippen LogP contribution in [0.3, 0.4) is 0 Å². The third-order valence-corrected chi connectivity index (χ3v) is 3.81. The number of aryl methyl sites for hydroxylation is 3. The van der Waals surface area contributed by atoms with Crippen molar-refractivity contribution in [2.45, 2.75) is 20.8 Å². The van der Waals surface area contributed by atoms with Gasteiger partial charge in [-0.1, -0.05) is 0 Å². The minimum absolute atomic E-state index is 0.217. The predicted octanol–water partition coefficient (Wildman–Crippen LogP) is 3.45. The van der Waals surface area contributed by atoms with Crippen LogP contribution in [-0.2, 0) is 0 Å². The standard InChI is InChI=1S/C19H20N4O2/c1-12-9-17(19(25-4)20-11-12)21-18(24)15-5-7-16(8-6-15)23-14(3)10-13(2)22-23/h5-11H,1-4H3,(H,21,24). The lowest BCUT2D eigenvalue weighted by Gasteiger charge is -2.10. The van der Waals surface area contributed by atoms with E-state index >= 15 is 0 Å². The third-order valence-electron chi connectivity index (χ3n) is 3.81. The number of hydrogen-bond donors (Lipinski definition) is 1. The molecule has 25 heavy (non-hydrogen) atoms. The Labute approximate surface area is 146 Å². The van der Waals surface area contributed by atoms with Crippen molar-refractivity contribution in [1.29, 1.82) is 0 Å². The van der Waals surface area contributed by atoms with Gasteiger partial charge in [0.15, 0.2) is 0 Å². The van der Waals surface area contributed by atoms with Crippen LogP contribution in [0.15, 0.2) is 42.6 Å². The van der Waals surface area contributed by atoms with Crippen LogP contribution < -0.4 is 10.1 Å². The van der Waals surface area contributed by atoms with Gasteiger partial charge in [-0.2, -0.15) is 5.10 Å². The molecule has 0 fully saturated rings. The summed E-state index contributed by atoms with van der Waals surface area (Å²) in [4.78, 5) is 16.7. The van der Waals surface area contributed by atoms with E-state index in [-0.39, 0.29) is 5.91 Å². The number of amides is 1. The second kappa shape index (κ2) is 6.76. The summed E-state index contributed by atoms with van der Waals surface area (Å²) in [6, 6.07) is 11.1. The second-order valence-electron chi connectivity index (χ2n) is 5.91. The van der Waals surface area contributed by atoms with Crippen molar-refractivity contribution in [1.82, 2.24) is 14.8 Å². The molecule has 6 nitrogen and oxygen atoms in total. The summed E-state index contributed by atoms with van der Waals surface area (Å²) in [7, 11) is 1.52. The normalized spacial score (nSPS) is 10.6. The van der Waals surface area contributed by atoms with Crippen LogP contribution in [0.2, 0.25) is 0 Å². The molecule has 0 aliphatic rings. The summed E-state index contributed by atoms with van der Waals surface area (Å²) in [5, 5.41) is 7.29. The molecule has 3 aromatic rings. The monoisotopic (exact) mass is 336 g/mol. The van der Waals surface area contributed by atoms with Gasteiger partial charge in [0.25, 0.3) is 5.91 Å². The average Bonchev–Trinajstić information content (AvgIpc) is 2.93. The summed E-state index contributed by atoms with van der Waals surface area (Å²) < 4.78 is 7.04. The Kier molecular flexibility index (Phi) is 4.52. The lowest BCUT2D eigenvalue weighted by molar-refractivity contribution is 0.102. The highest BCUT2D eigenvalue weighted by atomic mass is 16.5. The van der Waals surface area contributed by atoms with E-state index in [0.717, 1.165) is 22.6 Å². The van der Waals surface area contributed by atoms with Crippen molar-refractivity contribution in [3.63, 3.8) is 0 Å². The first-order valence-electron chi connectivity index (χ1n) is 7.93. The summed E-state index contributed by atoms with van der Waals surface area (Å²) in [5.74, 6) is 0.170. The molecule has 2 aromatic heterocycles. The summed E-state index contributed by atoms with van der Waals surface area (Å²) >= 11 is 0. The number of nitrogens with one attached hydrogen (secondary N) is 1. The first kappa shape index (κ1) is 16.7. The van der Waals surface area contributed by atoms with Crippen molar-refractivity contribution >= 4 is 11.6 Å². The smallest absolute Gasteiger partial charge is 0.255 e. The number of aromatic nitrogens is 3. The fourth-order valence-electron chi connectivity index (χ4n) is 2.65. The Morgan fingerprint density at radius 3 is 2.44 bits per heavy atom. The van der Waals surface area contributed by atoms with Crippen LogP contribution in [0.5, 0.6) is 5.88 Å². The molecule has 1 N–H and O–H groups in total. The minimum Gasteiger partial charge on any atom is -0.480 e. The van der Waals surface area contributed by atoms with Crippen molar-refractivity contribution in [3.8, 4) is 11.6 Å². The maximum absolute atomic E-state index is 12.5. The molecule has 0 aliphatic carbocycles. The van der Waals surface area contributed by atoms with Gasteiger partial charge in [-0.15, -0.1) is 0 Å². The first-order valence-corrected chi connectivity index (χ1v) is 7.93.